The van der Waals surface area contributed by atoms with E-state index in [0.29, 0.717) is 19.1 Å². The molecule has 1 aromatic carbocycles. The van der Waals surface area contributed by atoms with Crippen molar-refractivity contribution in [3.8, 4) is 11.5 Å². The molecule has 1 N–H and O–H groups in total. The van der Waals surface area contributed by atoms with E-state index < -0.39 is 5.60 Å². The van der Waals surface area contributed by atoms with Crippen LogP contribution in [-0.4, -0.2) is 18.3 Å². The smallest absolute Gasteiger partial charge is 0.161 e. The molecule has 1 aliphatic carbocycles. The van der Waals surface area contributed by atoms with E-state index in [4.69, 9.17) is 9.47 Å². The van der Waals surface area contributed by atoms with Gasteiger partial charge < -0.3 is 14.6 Å². The van der Waals surface area contributed by atoms with Crippen LogP contribution in [0.4, 0.5) is 0 Å². The normalized spacial score (nSPS) is 20.5. The van der Waals surface area contributed by atoms with Gasteiger partial charge in [0.15, 0.2) is 11.5 Å². The van der Waals surface area contributed by atoms with Crippen LogP contribution in [0.15, 0.2) is 12.1 Å². The topological polar surface area (TPSA) is 38.7 Å². The standard InChI is InChI=1S/C14H18O3/c1-9(2)10-7-12-13(17-6-5-16-12)8-11(10)14(15)3-4-14/h7-9,15H,3-6H2,1-2H3. The fraction of sp³-hybridized carbons (Fsp3) is 0.571. The summed E-state index contributed by atoms with van der Waals surface area (Å²) in [6.07, 6.45) is 1.71. The van der Waals surface area contributed by atoms with Gasteiger partial charge in [-0.15, -0.1) is 0 Å². The van der Waals surface area contributed by atoms with E-state index in [1.165, 1.54) is 5.56 Å². The summed E-state index contributed by atoms with van der Waals surface area (Å²) in [7, 11) is 0. The Morgan fingerprint density at radius 3 is 2.24 bits per heavy atom. The van der Waals surface area contributed by atoms with Crippen molar-refractivity contribution in [3.63, 3.8) is 0 Å². The van der Waals surface area contributed by atoms with Gasteiger partial charge in [-0.05, 0) is 42.0 Å². The molecule has 1 fully saturated rings. The summed E-state index contributed by atoms with van der Waals surface area (Å²) in [5, 5.41) is 10.3. The molecule has 1 aliphatic heterocycles. The lowest BCUT2D eigenvalue weighted by molar-refractivity contribution is 0.145. The van der Waals surface area contributed by atoms with Crippen LogP contribution >= 0.6 is 0 Å². The van der Waals surface area contributed by atoms with Crippen LogP contribution in [0, 0.1) is 0 Å². The lowest BCUT2D eigenvalue weighted by atomic mass is 9.92. The summed E-state index contributed by atoms with van der Waals surface area (Å²) in [5.74, 6) is 1.97. The van der Waals surface area contributed by atoms with Crippen LogP contribution in [-0.2, 0) is 5.60 Å². The Balaban J connectivity index is 2.11. The third-order valence-electron chi connectivity index (χ3n) is 3.56. The maximum Gasteiger partial charge on any atom is 0.161 e. The molecule has 1 saturated carbocycles. The first-order chi connectivity index (χ1) is 8.10. The lowest BCUT2D eigenvalue weighted by Crippen LogP contribution is -2.18. The molecular formula is C14H18O3. The minimum absolute atomic E-state index is 0.380. The molecular weight excluding hydrogens is 216 g/mol. The summed E-state index contributed by atoms with van der Waals surface area (Å²) in [4.78, 5) is 0. The molecule has 0 aromatic heterocycles. The summed E-state index contributed by atoms with van der Waals surface area (Å²) in [6, 6.07) is 4.00. The van der Waals surface area contributed by atoms with Crippen molar-refractivity contribution in [1.82, 2.24) is 0 Å². The second kappa shape index (κ2) is 3.64. The fourth-order valence-electron chi connectivity index (χ4n) is 2.37. The predicted octanol–water partition coefficient (Wildman–Crippen LogP) is 2.56. The van der Waals surface area contributed by atoms with Crippen molar-refractivity contribution in [2.75, 3.05) is 13.2 Å². The van der Waals surface area contributed by atoms with Gasteiger partial charge in [0.25, 0.3) is 0 Å². The molecule has 3 rings (SSSR count). The summed E-state index contributed by atoms with van der Waals surface area (Å²) < 4.78 is 11.2. The number of fused-ring (bicyclic) bond motifs is 1. The molecule has 3 heteroatoms. The highest BCUT2D eigenvalue weighted by atomic mass is 16.6. The van der Waals surface area contributed by atoms with Gasteiger partial charge >= 0.3 is 0 Å². The number of hydrogen-bond donors (Lipinski definition) is 1. The number of aliphatic hydroxyl groups is 1. The highest BCUT2D eigenvalue weighted by Gasteiger charge is 2.44. The Kier molecular flexibility index (Phi) is 2.33. The van der Waals surface area contributed by atoms with E-state index in [-0.39, 0.29) is 0 Å². The maximum atomic E-state index is 10.3. The third-order valence-corrected chi connectivity index (χ3v) is 3.56. The van der Waals surface area contributed by atoms with E-state index in [1.807, 2.05) is 12.1 Å². The number of rotatable bonds is 2. The van der Waals surface area contributed by atoms with Gasteiger partial charge in [-0.1, -0.05) is 13.8 Å². The van der Waals surface area contributed by atoms with Gasteiger partial charge in [0, 0.05) is 0 Å². The molecule has 0 spiro atoms. The molecule has 92 valence electrons. The number of ether oxygens (including phenoxy) is 2. The van der Waals surface area contributed by atoms with Crippen molar-refractivity contribution in [2.45, 2.75) is 38.2 Å². The highest BCUT2D eigenvalue weighted by Crippen LogP contribution is 2.50. The number of hydrogen-bond acceptors (Lipinski definition) is 3. The van der Waals surface area contributed by atoms with Crippen LogP contribution in [0.3, 0.4) is 0 Å². The largest absolute Gasteiger partial charge is 0.486 e. The van der Waals surface area contributed by atoms with Crippen molar-refractivity contribution >= 4 is 0 Å². The van der Waals surface area contributed by atoms with Crippen LogP contribution in [0.1, 0.15) is 43.7 Å². The predicted molar refractivity (Wildman–Crippen MR) is 64.7 cm³/mol. The molecule has 0 radical (unpaired) electrons. The first-order valence-electron chi connectivity index (χ1n) is 6.26. The van der Waals surface area contributed by atoms with Crippen LogP contribution < -0.4 is 9.47 Å². The minimum Gasteiger partial charge on any atom is -0.486 e. The van der Waals surface area contributed by atoms with Crippen LogP contribution in [0.2, 0.25) is 0 Å². The zero-order chi connectivity index (χ0) is 12.0. The Bertz CT molecular complexity index is 447. The lowest BCUT2D eigenvalue weighted by Gasteiger charge is -2.24. The van der Waals surface area contributed by atoms with Crippen molar-refractivity contribution in [2.24, 2.45) is 0 Å². The average Bonchev–Trinajstić information content (AvgIpc) is 3.07. The number of benzene rings is 1. The van der Waals surface area contributed by atoms with Crippen LogP contribution in [0.5, 0.6) is 11.5 Å². The SMILES string of the molecule is CC(C)c1cc2c(cc1C1(O)CC1)OCCO2. The molecule has 0 atom stereocenters. The van der Waals surface area contributed by atoms with Crippen molar-refractivity contribution in [1.29, 1.82) is 0 Å². The molecule has 17 heavy (non-hydrogen) atoms. The highest BCUT2D eigenvalue weighted by molar-refractivity contribution is 5.52. The quantitative estimate of drug-likeness (QED) is 0.854. The zero-order valence-electron chi connectivity index (χ0n) is 10.3. The van der Waals surface area contributed by atoms with E-state index in [0.717, 1.165) is 29.9 Å². The average molecular weight is 234 g/mol. The van der Waals surface area contributed by atoms with Gasteiger partial charge in [-0.25, -0.2) is 0 Å². The first kappa shape index (κ1) is 10.9. The molecule has 1 heterocycles. The molecule has 0 saturated heterocycles. The van der Waals surface area contributed by atoms with Gasteiger partial charge in [-0.3, -0.25) is 0 Å². The summed E-state index contributed by atoms with van der Waals surface area (Å²) >= 11 is 0. The van der Waals surface area contributed by atoms with Gasteiger partial charge in [0.2, 0.25) is 0 Å². The molecule has 2 aliphatic rings. The second-order valence-corrected chi connectivity index (χ2v) is 5.27. The van der Waals surface area contributed by atoms with E-state index in [1.54, 1.807) is 0 Å². The van der Waals surface area contributed by atoms with E-state index >= 15 is 0 Å². The Morgan fingerprint density at radius 2 is 1.71 bits per heavy atom. The fourth-order valence-corrected chi connectivity index (χ4v) is 2.37. The molecule has 0 amide bonds. The van der Waals surface area contributed by atoms with Crippen molar-refractivity contribution in [3.05, 3.63) is 23.3 Å². The Hall–Kier alpha value is -1.22. The molecule has 0 unspecified atom stereocenters. The van der Waals surface area contributed by atoms with Gasteiger partial charge in [-0.2, -0.15) is 0 Å². The van der Waals surface area contributed by atoms with Gasteiger partial charge in [0.05, 0.1) is 5.60 Å². The maximum absolute atomic E-state index is 10.3. The van der Waals surface area contributed by atoms with Crippen molar-refractivity contribution < 1.29 is 14.6 Å². The van der Waals surface area contributed by atoms with E-state index in [9.17, 15) is 5.11 Å². The molecule has 3 nitrogen and oxygen atoms in total. The molecule has 1 aromatic rings. The van der Waals surface area contributed by atoms with Crippen LogP contribution in [0.25, 0.3) is 0 Å². The summed E-state index contributed by atoms with van der Waals surface area (Å²) in [6.45, 7) is 5.47. The third kappa shape index (κ3) is 1.78. The zero-order valence-corrected chi connectivity index (χ0v) is 10.3. The van der Waals surface area contributed by atoms with Gasteiger partial charge in [0.1, 0.15) is 13.2 Å². The Labute approximate surface area is 101 Å². The van der Waals surface area contributed by atoms with E-state index in [2.05, 4.69) is 13.8 Å². The molecule has 0 bridgehead atoms. The Morgan fingerprint density at radius 1 is 1.12 bits per heavy atom. The summed E-state index contributed by atoms with van der Waals surface area (Å²) in [5.41, 5.74) is 1.58. The minimum atomic E-state index is -0.616. The monoisotopic (exact) mass is 234 g/mol. The first-order valence-corrected chi connectivity index (χ1v) is 6.26. The second-order valence-electron chi connectivity index (χ2n) is 5.27.